The molecule has 114 valence electrons. The summed E-state index contributed by atoms with van der Waals surface area (Å²) < 4.78 is 13.4. The maximum atomic E-state index is 12.1. The number of hydrogen-bond acceptors (Lipinski definition) is 5. The summed E-state index contributed by atoms with van der Waals surface area (Å²) in [4.78, 5) is 12.1. The van der Waals surface area contributed by atoms with Gasteiger partial charge in [0, 0.05) is 6.20 Å². The molecular formula is C15H16N4O3. The molecule has 7 heteroatoms. The van der Waals surface area contributed by atoms with Crippen LogP contribution in [0.5, 0.6) is 11.5 Å². The topological polar surface area (TPSA) is 83.8 Å². The van der Waals surface area contributed by atoms with Gasteiger partial charge in [-0.1, -0.05) is 0 Å². The van der Waals surface area contributed by atoms with Gasteiger partial charge in [-0.05, 0) is 36.4 Å². The van der Waals surface area contributed by atoms with Crippen molar-refractivity contribution in [2.24, 2.45) is 0 Å². The van der Waals surface area contributed by atoms with Gasteiger partial charge in [-0.25, -0.2) is 13.9 Å². The molecule has 3 aromatic rings. The van der Waals surface area contributed by atoms with Gasteiger partial charge >= 0.3 is 5.69 Å². The molecule has 2 N–H and O–H groups in total. The van der Waals surface area contributed by atoms with Crippen LogP contribution < -0.4 is 20.9 Å². The third-order valence-electron chi connectivity index (χ3n) is 3.27. The van der Waals surface area contributed by atoms with E-state index in [1.807, 2.05) is 24.3 Å². The molecule has 0 unspecified atom stereocenters. The van der Waals surface area contributed by atoms with Crippen molar-refractivity contribution in [2.75, 3.05) is 19.5 Å². The number of fused-ring (bicyclic) bond motifs is 1. The number of pyridine rings is 1. The Balaban J connectivity index is 1.70. The van der Waals surface area contributed by atoms with E-state index in [1.165, 1.54) is 9.08 Å². The number of anilines is 1. The number of nitrogens with zero attached hydrogens (tertiary/aromatic N) is 3. The second-order valence-electron chi connectivity index (χ2n) is 4.69. The fourth-order valence-corrected chi connectivity index (χ4v) is 2.13. The average molecular weight is 300 g/mol. The molecule has 0 aliphatic carbocycles. The fourth-order valence-electron chi connectivity index (χ4n) is 2.13. The summed E-state index contributed by atoms with van der Waals surface area (Å²) >= 11 is 0. The van der Waals surface area contributed by atoms with E-state index in [0.717, 1.165) is 5.75 Å². The zero-order valence-corrected chi connectivity index (χ0v) is 12.1. The van der Waals surface area contributed by atoms with Crippen molar-refractivity contribution >= 4 is 11.3 Å². The number of hydrogen-bond donors (Lipinski definition) is 1. The Morgan fingerprint density at radius 3 is 2.59 bits per heavy atom. The highest BCUT2D eigenvalue weighted by Gasteiger charge is 2.08. The standard InChI is InChI=1S/C15H16N4O3/c1-21-11-4-6-12(7-5-11)22-10-9-19-15(20)18-8-2-3-13(16)14(18)17-19/h2-8H,9-10,16H2,1H3. The molecule has 0 fully saturated rings. The Morgan fingerprint density at radius 1 is 1.18 bits per heavy atom. The van der Waals surface area contributed by atoms with Crippen molar-refractivity contribution in [1.82, 2.24) is 14.2 Å². The first-order valence-corrected chi connectivity index (χ1v) is 6.79. The van der Waals surface area contributed by atoms with Gasteiger partial charge in [-0.2, -0.15) is 0 Å². The molecule has 7 nitrogen and oxygen atoms in total. The molecule has 22 heavy (non-hydrogen) atoms. The third kappa shape index (κ3) is 2.60. The summed E-state index contributed by atoms with van der Waals surface area (Å²) in [6.07, 6.45) is 1.64. The number of rotatable bonds is 5. The summed E-state index contributed by atoms with van der Waals surface area (Å²) in [5.41, 5.74) is 6.49. The molecule has 0 aliphatic rings. The van der Waals surface area contributed by atoms with E-state index in [4.69, 9.17) is 15.2 Å². The first-order chi connectivity index (χ1) is 10.7. The maximum Gasteiger partial charge on any atom is 0.350 e. The molecule has 2 heterocycles. The molecule has 0 spiro atoms. The van der Waals surface area contributed by atoms with E-state index in [2.05, 4.69) is 5.10 Å². The SMILES string of the molecule is COc1ccc(OCCn2nc3c(N)cccn3c2=O)cc1. The summed E-state index contributed by atoms with van der Waals surface area (Å²) in [6.45, 7) is 0.669. The van der Waals surface area contributed by atoms with Gasteiger partial charge in [0.1, 0.15) is 18.1 Å². The van der Waals surface area contributed by atoms with E-state index < -0.39 is 0 Å². The van der Waals surface area contributed by atoms with Crippen LogP contribution in [-0.2, 0) is 6.54 Å². The number of nitrogen functional groups attached to an aromatic ring is 1. The van der Waals surface area contributed by atoms with Gasteiger partial charge in [-0.3, -0.25) is 0 Å². The highest BCUT2D eigenvalue weighted by molar-refractivity contribution is 5.63. The Morgan fingerprint density at radius 2 is 1.91 bits per heavy atom. The van der Waals surface area contributed by atoms with Crippen molar-refractivity contribution in [3.8, 4) is 11.5 Å². The molecule has 0 saturated heterocycles. The number of ether oxygens (including phenoxy) is 2. The molecule has 1 aromatic carbocycles. The van der Waals surface area contributed by atoms with Crippen molar-refractivity contribution < 1.29 is 9.47 Å². The molecular weight excluding hydrogens is 284 g/mol. The highest BCUT2D eigenvalue weighted by Crippen LogP contribution is 2.16. The van der Waals surface area contributed by atoms with Gasteiger partial charge < -0.3 is 15.2 Å². The predicted molar refractivity (Wildman–Crippen MR) is 82.4 cm³/mol. The van der Waals surface area contributed by atoms with Crippen LogP contribution in [0.2, 0.25) is 0 Å². The molecule has 0 aliphatic heterocycles. The van der Waals surface area contributed by atoms with Gasteiger partial charge in [0.2, 0.25) is 0 Å². The van der Waals surface area contributed by atoms with Crippen molar-refractivity contribution in [3.05, 3.63) is 53.1 Å². The normalized spacial score (nSPS) is 10.8. The van der Waals surface area contributed by atoms with Crippen LogP contribution in [0.1, 0.15) is 0 Å². The van der Waals surface area contributed by atoms with Crippen LogP contribution in [0.4, 0.5) is 5.69 Å². The maximum absolute atomic E-state index is 12.1. The summed E-state index contributed by atoms with van der Waals surface area (Å²) in [5, 5.41) is 4.21. The monoisotopic (exact) mass is 300 g/mol. The smallest absolute Gasteiger partial charge is 0.350 e. The molecule has 0 bridgehead atoms. The first-order valence-electron chi connectivity index (χ1n) is 6.79. The van der Waals surface area contributed by atoms with Gasteiger partial charge in [0.25, 0.3) is 0 Å². The zero-order valence-electron chi connectivity index (χ0n) is 12.1. The minimum absolute atomic E-state index is 0.236. The highest BCUT2D eigenvalue weighted by atomic mass is 16.5. The Kier molecular flexibility index (Phi) is 3.69. The lowest BCUT2D eigenvalue weighted by molar-refractivity contribution is 0.288. The van der Waals surface area contributed by atoms with Crippen molar-refractivity contribution in [1.29, 1.82) is 0 Å². The van der Waals surface area contributed by atoms with Crippen LogP contribution in [-0.4, -0.2) is 27.9 Å². The lowest BCUT2D eigenvalue weighted by atomic mass is 10.3. The van der Waals surface area contributed by atoms with E-state index in [0.29, 0.717) is 30.2 Å². The Hall–Kier alpha value is -2.96. The van der Waals surface area contributed by atoms with E-state index >= 15 is 0 Å². The predicted octanol–water partition coefficient (Wildman–Crippen LogP) is 1.17. The minimum Gasteiger partial charge on any atom is -0.497 e. The molecule has 0 amide bonds. The van der Waals surface area contributed by atoms with Crippen molar-refractivity contribution in [2.45, 2.75) is 6.54 Å². The summed E-state index contributed by atoms with van der Waals surface area (Å²) in [6, 6.07) is 10.7. The summed E-state index contributed by atoms with van der Waals surface area (Å²) in [5.74, 6) is 1.47. The largest absolute Gasteiger partial charge is 0.497 e. The lowest BCUT2D eigenvalue weighted by Gasteiger charge is -2.06. The number of nitrogens with two attached hydrogens (primary N) is 1. The minimum atomic E-state index is -0.236. The third-order valence-corrected chi connectivity index (χ3v) is 3.27. The van der Waals surface area contributed by atoms with Crippen LogP contribution in [0.15, 0.2) is 47.4 Å². The first kappa shape index (κ1) is 14.0. The molecule has 3 rings (SSSR count). The Labute approximate surface area is 126 Å². The van der Waals surface area contributed by atoms with Crippen LogP contribution >= 0.6 is 0 Å². The van der Waals surface area contributed by atoms with Gasteiger partial charge in [-0.15, -0.1) is 5.10 Å². The van der Waals surface area contributed by atoms with Crippen LogP contribution in [0.3, 0.4) is 0 Å². The van der Waals surface area contributed by atoms with E-state index in [9.17, 15) is 4.79 Å². The zero-order chi connectivity index (χ0) is 15.5. The average Bonchev–Trinajstić information content (AvgIpc) is 2.86. The molecule has 0 saturated carbocycles. The van der Waals surface area contributed by atoms with Crippen LogP contribution in [0, 0.1) is 0 Å². The van der Waals surface area contributed by atoms with Crippen molar-refractivity contribution in [3.63, 3.8) is 0 Å². The molecule has 0 atom stereocenters. The quantitative estimate of drug-likeness (QED) is 0.764. The number of benzene rings is 1. The van der Waals surface area contributed by atoms with Crippen LogP contribution in [0.25, 0.3) is 5.65 Å². The summed E-state index contributed by atoms with van der Waals surface area (Å²) in [7, 11) is 1.61. The van der Waals surface area contributed by atoms with Gasteiger partial charge in [0.15, 0.2) is 5.65 Å². The number of methoxy groups -OCH3 is 1. The fraction of sp³-hybridized carbons (Fsp3) is 0.200. The molecule has 0 radical (unpaired) electrons. The van der Waals surface area contributed by atoms with E-state index in [1.54, 1.807) is 25.4 Å². The second kappa shape index (κ2) is 5.80. The lowest BCUT2D eigenvalue weighted by Crippen LogP contribution is -2.23. The Bertz CT molecular complexity index is 836. The number of aromatic nitrogens is 3. The van der Waals surface area contributed by atoms with E-state index in [-0.39, 0.29) is 5.69 Å². The second-order valence-corrected chi connectivity index (χ2v) is 4.69. The molecule has 2 aromatic heterocycles. The van der Waals surface area contributed by atoms with Gasteiger partial charge in [0.05, 0.1) is 19.3 Å².